The summed E-state index contributed by atoms with van der Waals surface area (Å²) in [4.78, 5) is 0. The lowest BCUT2D eigenvalue weighted by Gasteiger charge is -2.27. The second-order valence-corrected chi connectivity index (χ2v) is 5.63. The lowest BCUT2D eigenvalue weighted by molar-refractivity contribution is 0.408. The van der Waals surface area contributed by atoms with Crippen molar-refractivity contribution in [1.82, 2.24) is 5.32 Å². The number of hydrogen-bond acceptors (Lipinski definition) is 2. The molecule has 1 aromatic carbocycles. The number of hydrogen-bond donors (Lipinski definition) is 1. The van der Waals surface area contributed by atoms with Gasteiger partial charge in [-0.05, 0) is 55.5 Å². The first-order chi connectivity index (χ1) is 9.26. The molecule has 2 unspecified atom stereocenters. The van der Waals surface area contributed by atoms with E-state index in [2.05, 4.69) is 37.4 Å². The van der Waals surface area contributed by atoms with Gasteiger partial charge in [0.1, 0.15) is 5.75 Å². The molecule has 1 aromatic rings. The molecule has 106 valence electrons. The van der Waals surface area contributed by atoms with Crippen LogP contribution in [-0.4, -0.2) is 19.7 Å². The Kier molecular flexibility index (Phi) is 5.26. The van der Waals surface area contributed by atoms with Crippen molar-refractivity contribution in [3.8, 4) is 5.75 Å². The van der Waals surface area contributed by atoms with Gasteiger partial charge in [0.25, 0.3) is 0 Å². The average Bonchev–Trinajstić information content (AvgIpc) is 2.65. The zero-order chi connectivity index (χ0) is 13.7. The quantitative estimate of drug-likeness (QED) is 0.826. The third-order valence-corrected chi connectivity index (χ3v) is 4.36. The van der Waals surface area contributed by atoms with Crippen molar-refractivity contribution < 1.29 is 4.74 Å². The molecule has 0 aliphatic heterocycles. The van der Waals surface area contributed by atoms with Crippen LogP contribution in [0.25, 0.3) is 0 Å². The second kappa shape index (κ2) is 6.95. The molecule has 19 heavy (non-hydrogen) atoms. The number of ether oxygens (including phenoxy) is 1. The van der Waals surface area contributed by atoms with Gasteiger partial charge < -0.3 is 10.1 Å². The summed E-state index contributed by atoms with van der Waals surface area (Å²) < 4.78 is 5.32. The smallest absolute Gasteiger partial charge is 0.119 e. The van der Waals surface area contributed by atoms with Gasteiger partial charge in [-0.3, -0.25) is 0 Å². The first-order valence-electron chi connectivity index (χ1n) is 7.64. The topological polar surface area (TPSA) is 21.3 Å². The van der Waals surface area contributed by atoms with E-state index in [9.17, 15) is 0 Å². The van der Waals surface area contributed by atoms with E-state index in [1.807, 2.05) is 0 Å². The summed E-state index contributed by atoms with van der Waals surface area (Å²) >= 11 is 0. The monoisotopic (exact) mass is 261 g/mol. The third kappa shape index (κ3) is 3.50. The standard InChI is InChI=1S/C17H27NO/c1-4-18-17-9-7-5-6-8-16(17)15-11-10-14(19-3)12-13(15)2/h10-12,16-18H,4-9H2,1-3H3. The van der Waals surface area contributed by atoms with Crippen LogP contribution in [-0.2, 0) is 0 Å². The number of methoxy groups -OCH3 is 1. The van der Waals surface area contributed by atoms with Gasteiger partial charge in [-0.25, -0.2) is 0 Å². The van der Waals surface area contributed by atoms with Crippen molar-refractivity contribution >= 4 is 0 Å². The molecule has 0 radical (unpaired) electrons. The summed E-state index contributed by atoms with van der Waals surface area (Å²) in [7, 11) is 1.74. The molecule has 1 aliphatic rings. The largest absolute Gasteiger partial charge is 0.497 e. The molecule has 2 rings (SSSR count). The minimum Gasteiger partial charge on any atom is -0.497 e. The number of likely N-dealkylation sites (N-methyl/N-ethyl adjacent to an activating group) is 1. The van der Waals surface area contributed by atoms with Crippen molar-refractivity contribution in [2.24, 2.45) is 0 Å². The Morgan fingerprint density at radius 3 is 2.68 bits per heavy atom. The van der Waals surface area contributed by atoms with Gasteiger partial charge in [-0.2, -0.15) is 0 Å². The maximum Gasteiger partial charge on any atom is 0.119 e. The minimum absolute atomic E-state index is 0.639. The van der Waals surface area contributed by atoms with E-state index in [0.29, 0.717) is 12.0 Å². The Bertz CT molecular complexity index is 402. The fraction of sp³-hybridized carbons (Fsp3) is 0.647. The van der Waals surface area contributed by atoms with E-state index < -0.39 is 0 Å². The number of nitrogens with one attached hydrogen (secondary N) is 1. The molecule has 1 N–H and O–H groups in total. The highest BCUT2D eigenvalue weighted by molar-refractivity contribution is 5.37. The summed E-state index contributed by atoms with van der Waals surface area (Å²) in [6.07, 6.45) is 6.73. The highest BCUT2D eigenvalue weighted by Gasteiger charge is 2.25. The van der Waals surface area contributed by atoms with Gasteiger partial charge in [0, 0.05) is 6.04 Å². The Hall–Kier alpha value is -1.02. The van der Waals surface area contributed by atoms with Gasteiger partial charge in [-0.1, -0.05) is 32.3 Å². The Balaban J connectivity index is 2.25. The summed E-state index contributed by atoms with van der Waals surface area (Å²) in [6.45, 7) is 5.49. The summed E-state index contributed by atoms with van der Waals surface area (Å²) in [6, 6.07) is 7.19. The molecule has 2 atom stereocenters. The van der Waals surface area contributed by atoms with Crippen LogP contribution >= 0.6 is 0 Å². The van der Waals surface area contributed by atoms with E-state index in [1.54, 1.807) is 7.11 Å². The van der Waals surface area contributed by atoms with Gasteiger partial charge in [0.15, 0.2) is 0 Å². The van der Waals surface area contributed by atoms with Crippen molar-refractivity contribution in [2.45, 2.75) is 57.9 Å². The minimum atomic E-state index is 0.639. The van der Waals surface area contributed by atoms with Gasteiger partial charge >= 0.3 is 0 Å². The lowest BCUT2D eigenvalue weighted by atomic mass is 9.85. The fourth-order valence-corrected chi connectivity index (χ4v) is 3.38. The predicted octanol–water partition coefficient (Wildman–Crippen LogP) is 4.03. The first kappa shape index (κ1) is 14.4. The number of aryl methyl sites for hydroxylation is 1. The van der Waals surface area contributed by atoms with Crippen LogP contribution in [0.2, 0.25) is 0 Å². The van der Waals surface area contributed by atoms with Gasteiger partial charge in [0.2, 0.25) is 0 Å². The third-order valence-electron chi connectivity index (χ3n) is 4.36. The van der Waals surface area contributed by atoms with Crippen LogP contribution < -0.4 is 10.1 Å². The Morgan fingerprint density at radius 2 is 2.00 bits per heavy atom. The molecule has 0 heterocycles. The van der Waals surface area contributed by atoms with Crippen LogP contribution in [0.4, 0.5) is 0 Å². The van der Waals surface area contributed by atoms with Crippen LogP contribution in [0.1, 0.15) is 56.1 Å². The SMILES string of the molecule is CCNC1CCCCCC1c1ccc(OC)cc1C. The molecule has 0 bridgehead atoms. The van der Waals surface area contributed by atoms with Crippen LogP contribution in [0.3, 0.4) is 0 Å². The van der Waals surface area contributed by atoms with Gasteiger partial charge in [0.05, 0.1) is 7.11 Å². The molecule has 1 saturated carbocycles. The summed E-state index contributed by atoms with van der Waals surface area (Å²) in [5.41, 5.74) is 2.88. The molecule has 1 fully saturated rings. The Labute approximate surface area is 117 Å². The van der Waals surface area contributed by atoms with E-state index >= 15 is 0 Å². The average molecular weight is 261 g/mol. The van der Waals surface area contributed by atoms with Gasteiger partial charge in [-0.15, -0.1) is 0 Å². The van der Waals surface area contributed by atoms with E-state index in [4.69, 9.17) is 4.74 Å². The number of rotatable bonds is 4. The lowest BCUT2D eigenvalue weighted by Crippen LogP contribution is -2.34. The van der Waals surface area contributed by atoms with Crippen molar-refractivity contribution in [2.75, 3.05) is 13.7 Å². The van der Waals surface area contributed by atoms with Crippen LogP contribution in [0, 0.1) is 6.92 Å². The maximum atomic E-state index is 5.32. The normalized spacial score (nSPS) is 23.9. The molecule has 0 aromatic heterocycles. The highest BCUT2D eigenvalue weighted by atomic mass is 16.5. The molecular weight excluding hydrogens is 234 g/mol. The molecule has 0 spiro atoms. The fourth-order valence-electron chi connectivity index (χ4n) is 3.38. The highest BCUT2D eigenvalue weighted by Crippen LogP contribution is 2.34. The Morgan fingerprint density at radius 1 is 1.21 bits per heavy atom. The maximum absolute atomic E-state index is 5.32. The van der Waals surface area contributed by atoms with Crippen molar-refractivity contribution in [3.63, 3.8) is 0 Å². The second-order valence-electron chi connectivity index (χ2n) is 5.63. The van der Waals surface area contributed by atoms with Crippen LogP contribution in [0.15, 0.2) is 18.2 Å². The van der Waals surface area contributed by atoms with E-state index in [0.717, 1.165) is 12.3 Å². The predicted molar refractivity (Wildman–Crippen MR) is 81.0 cm³/mol. The zero-order valence-electron chi connectivity index (χ0n) is 12.5. The summed E-state index contributed by atoms with van der Waals surface area (Å²) in [5, 5.41) is 3.70. The molecule has 2 heteroatoms. The van der Waals surface area contributed by atoms with Crippen molar-refractivity contribution in [3.05, 3.63) is 29.3 Å². The summed E-state index contributed by atoms with van der Waals surface area (Å²) in [5.74, 6) is 1.63. The molecule has 2 nitrogen and oxygen atoms in total. The van der Waals surface area contributed by atoms with Crippen molar-refractivity contribution in [1.29, 1.82) is 0 Å². The number of benzene rings is 1. The zero-order valence-corrected chi connectivity index (χ0v) is 12.5. The van der Waals surface area contributed by atoms with E-state index in [-0.39, 0.29) is 0 Å². The first-order valence-corrected chi connectivity index (χ1v) is 7.64. The molecule has 0 saturated heterocycles. The van der Waals surface area contributed by atoms with Crippen LogP contribution in [0.5, 0.6) is 5.75 Å². The molecule has 0 amide bonds. The van der Waals surface area contributed by atoms with E-state index in [1.165, 1.54) is 43.2 Å². The molecular formula is C17H27NO. The molecule has 1 aliphatic carbocycles.